The number of rotatable bonds is 6. The molecule has 3 aromatic carbocycles. The molecule has 0 N–H and O–H groups in total. The molecule has 0 amide bonds. The lowest BCUT2D eigenvalue weighted by Gasteiger charge is -2.14. The number of Topliss-reactive ketones (excluding diaryl/α,β-unsaturated/α-hetero) is 1. The number of fused-ring (bicyclic) bond motifs is 1. The summed E-state index contributed by atoms with van der Waals surface area (Å²) in [5, 5.41) is 11.7. The largest absolute Gasteiger partial charge is 0.482 e. The van der Waals surface area contributed by atoms with Crippen LogP contribution in [0.1, 0.15) is 17.3 Å². The Morgan fingerprint density at radius 3 is 2.52 bits per heavy atom. The van der Waals surface area contributed by atoms with Crippen LogP contribution < -0.4 is 10.4 Å². The fraction of sp³-hybridized carbons (Fsp3) is 0.0833. The number of hydrogen-bond donors (Lipinski definition) is 0. The van der Waals surface area contributed by atoms with Crippen LogP contribution in [0.25, 0.3) is 22.1 Å². The highest BCUT2D eigenvalue weighted by Crippen LogP contribution is 2.31. The zero-order valence-electron chi connectivity index (χ0n) is 16.5. The Kier molecular flexibility index (Phi) is 5.32. The van der Waals surface area contributed by atoms with Gasteiger partial charge in [-0.15, -0.1) is 0 Å². The monoisotopic (exact) mass is 415 g/mol. The summed E-state index contributed by atoms with van der Waals surface area (Å²) in [4.78, 5) is 35.3. The second-order valence-corrected chi connectivity index (χ2v) is 6.93. The first-order valence-corrected chi connectivity index (χ1v) is 9.51. The molecule has 154 valence electrons. The topological polar surface area (TPSA) is 99.7 Å². The van der Waals surface area contributed by atoms with E-state index in [1.165, 1.54) is 24.3 Å². The van der Waals surface area contributed by atoms with Crippen LogP contribution in [0.5, 0.6) is 5.75 Å². The van der Waals surface area contributed by atoms with Gasteiger partial charge < -0.3 is 9.15 Å². The van der Waals surface area contributed by atoms with Crippen molar-refractivity contribution in [2.45, 2.75) is 13.0 Å². The summed E-state index contributed by atoms with van der Waals surface area (Å²) >= 11 is 0. The number of non-ortho nitro benzene ring substituents is 1. The molecule has 4 rings (SSSR count). The predicted octanol–water partition coefficient (Wildman–Crippen LogP) is 5.02. The summed E-state index contributed by atoms with van der Waals surface area (Å²) < 4.78 is 11.1. The molecular formula is C24H17NO6. The highest BCUT2D eigenvalue weighted by atomic mass is 16.6. The number of carbonyl (C=O) groups is 1. The Morgan fingerprint density at radius 2 is 1.77 bits per heavy atom. The van der Waals surface area contributed by atoms with E-state index in [2.05, 4.69) is 0 Å². The molecule has 0 bridgehead atoms. The van der Waals surface area contributed by atoms with Gasteiger partial charge in [0.05, 0.1) is 4.92 Å². The van der Waals surface area contributed by atoms with Gasteiger partial charge in [-0.3, -0.25) is 14.9 Å². The van der Waals surface area contributed by atoms with Crippen LogP contribution in [0.2, 0.25) is 0 Å². The molecule has 0 aliphatic rings. The average Bonchev–Trinajstić information content (AvgIpc) is 2.78. The van der Waals surface area contributed by atoms with E-state index in [1.54, 1.807) is 55.5 Å². The molecule has 31 heavy (non-hydrogen) atoms. The molecule has 0 fully saturated rings. The molecule has 4 aromatic rings. The van der Waals surface area contributed by atoms with Crippen LogP contribution in [0.4, 0.5) is 5.69 Å². The van der Waals surface area contributed by atoms with Crippen molar-refractivity contribution in [2.24, 2.45) is 0 Å². The van der Waals surface area contributed by atoms with Crippen LogP contribution in [0, 0.1) is 10.1 Å². The van der Waals surface area contributed by atoms with Gasteiger partial charge in [-0.2, -0.15) is 0 Å². The first-order valence-electron chi connectivity index (χ1n) is 9.51. The van der Waals surface area contributed by atoms with Crippen LogP contribution in [-0.4, -0.2) is 16.8 Å². The van der Waals surface area contributed by atoms with Gasteiger partial charge in [0.1, 0.15) is 11.3 Å². The third kappa shape index (κ3) is 4.20. The quantitative estimate of drug-likeness (QED) is 0.190. The lowest BCUT2D eigenvalue weighted by Crippen LogP contribution is -2.23. The summed E-state index contributed by atoms with van der Waals surface area (Å²) in [7, 11) is 0. The van der Waals surface area contributed by atoms with E-state index in [-0.39, 0.29) is 17.1 Å². The second kappa shape index (κ2) is 8.23. The normalized spacial score (nSPS) is 11.8. The Hall–Kier alpha value is -4.26. The lowest BCUT2D eigenvalue weighted by molar-refractivity contribution is -0.384. The standard InChI is InChI=1S/C24H17NO6/c1-15(24(27)16-6-3-2-4-7-16)30-19-10-11-20-21(14-23(26)31-22(20)13-19)17-8-5-9-18(12-17)25(28)29/h2-15H,1H3/t15-/m1/s1. The van der Waals surface area contributed by atoms with Crippen molar-refractivity contribution in [2.75, 3.05) is 0 Å². The highest BCUT2D eigenvalue weighted by Gasteiger charge is 2.18. The zero-order chi connectivity index (χ0) is 22.0. The Bertz CT molecular complexity index is 1340. The summed E-state index contributed by atoms with van der Waals surface area (Å²) in [5.74, 6) is 0.191. The number of ketones is 1. The van der Waals surface area contributed by atoms with Crippen molar-refractivity contribution in [3.8, 4) is 16.9 Å². The van der Waals surface area contributed by atoms with Gasteiger partial charge in [-0.25, -0.2) is 4.79 Å². The summed E-state index contributed by atoms with van der Waals surface area (Å²) in [6.07, 6.45) is -0.744. The first-order chi connectivity index (χ1) is 14.9. The number of nitrogens with zero attached hydrogens (tertiary/aromatic N) is 1. The van der Waals surface area contributed by atoms with Crippen molar-refractivity contribution in [1.82, 2.24) is 0 Å². The van der Waals surface area contributed by atoms with Crippen LogP contribution in [0.3, 0.4) is 0 Å². The molecule has 0 aliphatic carbocycles. The zero-order valence-corrected chi connectivity index (χ0v) is 16.5. The van der Waals surface area contributed by atoms with E-state index in [0.29, 0.717) is 27.8 Å². The fourth-order valence-corrected chi connectivity index (χ4v) is 3.34. The van der Waals surface area contributed by atoms with Crippen LogP contribution in [-0.2, 0) is 0 Å². The molecule has 1 aromatic heterocycles. The molecule has 0 unspecified atom stereocenters. The van der Waals surface area contributed by atoms with E-state index in [9.17, 15) is 19.7 Å². The van der Waals surface area contributed by atoms with E-state index in [0.717, 1.165) is 0 Å². The fourth-order valence-electron chi connectivity index (χ4n) is 3.34. The molecule has 0 saturated carbocycles. The Morgan fingerprint density at radius 1 is 1.00 bits per heavy atom. The third-order valence-electron chi connectivity index (χ3n) is 4.82. The van der Waals surface area contributed by atoms with Crippen LogP contribution >= 0.6 is 0 Å². The number of benzene rings is 3. The molecular weight excluding hydrogens is 398 g/mol. The van der Waals surface area contributed by atoms with E-state index in [4.69, 9.17) is 9.15 Å². The minimum absolute atomic E-state index is 0.0768. The minimum atomic E-state index is -0.744. The van der Waals surface area contributed by atoms with Gasteiger partial charge in [-0.05, 0) is 24.6 Å². The van der Waals surface area contributed by atoms with Crippen molar-refractivity contribution in [3.63, 3.8) is 0 Å². The SMILES string of the molecule is C[C@@H](Oc1ccc2c(-c3cccc([N+](=O)[O-])c3)cc(=O)oc2c1)C(=O)c1ccccc1. The summed E-state index contributed by atoms with van der Waals surface area (Å²) in [6, 6.07) is 21.0. The first kappa shape index (κ1) is 20.0. The summed E-state index contributed by atoms with van der Waals surface area (Å²) in [5.41, 5.74) is 1.15. The molecule has 0 spiro atoms. The molecule has 0 radical (unpaired) electrons. The van der Waals surface area contributed by atoms with Gasteiger partial charge in [0.2, 0.25) is 5.78 Å². The van der Waals surface area contributed by atoms with Gasteiger partial charge in [-0.1, -0.05) is 42.5 Å². The number of nitro groups is 1. The maximum atomic E-state index is 12.5. The smallest absolute Gasteiger partial charge is 0.336 e. The Balaban J connectivity index is 1.69. The van der Waals surface area contributed by atoms with Gasteiger partial charge in [0, 0.05) is 40.8 Å². The minimum Gasteiger partial charge on any atom is -0.482 e. The molecule has 1 atom stereocenters. The van der Waals surface area contributed by atoms with Gasteiger partial charge in [0.15, 0.2) is 6.10 Å². The van der Waals surface area contributed by atoms with Crippen molar-refractivity contribution >= 4 is 22.4 Å². The van der Waals surface area contributed by atoms with Crippen molar-refractivity contribution in [1.29, 1.82) is 0 Å². The second-order valence-electron chi connectivity index (χ2n) is 6.93. The maximum Gasteiger partial charge on any atom is 0.336 e. The van der Waals surface area contributed by atoms with Gasteiger partial charge >= 0.3 is 5.63 Å². The van der Waals surface area contributed by atoms with Crippen molar-refractivity contribution in [3.05, 3.63) is 105 Å². The third-order valence-corrected chi connectivity index (χ3v) is 4.82. The lowest BCUT2D eigenvalue weighted by atomic mass is 10.0. The number of hydrogen-bond acceptors (Lipinski definition) is 6. The molecule has 7 heteroatoms. The van der Waals surface area contributed by atoms with Gasteiger partial charge in [0.25, 0.3) is 5.69 Å². The van der Waals surface area contributed by atoms with E-state index >= 15 is 0 Å². The average molecular weight is 415 g/mol. The summed E-state index contributed by atoms with van der Waals surface area (Å²) in [6.45, 7) is 1.65. The molecule has 0 aliphatic heterocycles. The highest BCUT2D eigenvalue weighted by molar-refractivity contribution is 5.99. The van der Waals surface area contributed by atoms with Crippen LogP contribution in [0.15, 0.2) is 88.1 Å². The molecule has 7 nitrogen and oxygen atoms in total. The van der Waals surface area contributed by atoms with Crippen molar-refractivity contribution < 1.29 is 18.9 Å². The van der Waals surface area contributed by atoms with E-state index in [1.807, 2.05) is 6.07 Å². The molecule has 1 heterocycles. The number of carbonyl (C=O) groups excluding carboxylic acids is 1. The molecule has 0 saturated heterocycles. The number of ether oxygens (including phenoxy) is 1. The Labute approximate surface area is 176 Å². The maximum absolute atomic E-state index is 12.5. The number of nitro benzene ring substituents is 1. The predicted molar refractivity (Wildman–Crippen MR) is 115 cm³/mol. The van der Waals surface area contributed by atoms with E-state index < -0.39 is 16.7 Å².